The molecule has 5 heteroatoms. The second-order valence-corrected chi connectivity index (χ2v) is 5.21. The van der Waals surface area contributed by atoms with Gasteiger partial charge < -0.3 is 9.47 Å². The summed E-state index contributed by atoms with van der Waals surface area (Å²) >= 11 is 0. The smallest absolute Gasteiger partial charge is 0.196 e. The molecule has 0 unspecified atom stereocenters. The fraction of sp³-hybridized carbons (Fsp3) is 0.375. The van der Waals surface area contributed by atoms with Crippen molar-refractivity contribution in [2.24, 2.45) is 7.05 Å². The molecule has 0 aliphatic carbocycles. The molecule has 1 aliphatic heterocycles. The lowest BCUT2D eigenvalue weighted by atomic mass is 10.0. The molecule has 2 aromatic rings. The van der Waals surface area contributed by atoms with Gasteiger partial charge in [0.05, 0.1) is 24.5 Å². The van der Waals surface area contributed by atoms with Crippen LogP contribution in [0.15, 0.2) is 18.2 Å². The van der Waals surface area contributed by atoms with Gasteiger partial charge in [-0.1, -0.05) is 0 Å². The molecule has 0 saturated heterocycles. The average molecular weight is 286 g/mol. The Morgan fingerprint density at radius 3 is 2.57 bits per heavy atom. The Bertz CT molecular complexity index is 704. The van der Waals surface area contributed by atoms with Crippen LogP contribution in [0.4, 0.5) is 0 Å². The van der Waals surface area contributed by atoms with Gasteiger partial charge in [-0.15, -0.1) is 0 Å². The van der Waals surface area contributed by atoms with Crippen molar-refractivity contribution in [3.8, 4) is 11.5 Å². The highest BCUT2D eigenvalue weighted by molar-refractivity contribution is 6.10. The molecule has 0 amide bonds. The molecule has 2 heterocycles. The molecule has 1 aliphatic rings. The molecule has 0 N–H and O–H groups in total. The van der Waals surface area contributed by atoms with Crippen molar-refractivity contribution in [2.45, 2.75) is 20.3 Å². The normalized spacial score (nSPS) is 13.9. The summed E-state index contributed by atoms with van der Waals surface area (Å²) in [6.45, 7) is 5.00. The SMILES string of the molecule is Cc1nn(C)c(C)c1C(=O)c1ccc2c(c1)OCCCO2. The highest BCUT2D eigenvalue weighted by Gasteiger charge is 2.21. The minimum absolute atomic E-state index is 0.0336. The number of ketones is 1. The van der Waals surface area contributed by atoms with Crippen molar-refractivity contribution >= 4 is 5.78 Å². The topological polar surface area (TPSA) is 53.4 Å². The standard InChI is InChI=1S/C16H18N2O3/c1-10-15(11(2)18(3)17-10)16(19)12-5-6-13-14(9-12)21-8-4-7-20-13/h5-6,9H,4,7-8H2,1-3H3. The Labute approximate surface area is 123 Å². The first kappa shape index (κ1) is 13.7. The van der Waals surface area contributed by atoms with Gasteiger partial charge in [0.25, 0.3) is 0 Å². The van der Waals surface area contributed by atoms with Gasteiger partial charge in [-0.05, 0) is 32.0 Å². The van der Waals surface area contributed by atoms with Crippen LogP contribution in [0, 0.1) is 13.8 Å². The van der Waals surface area contributed by atoms with E-state index in [0.29, 0.717) is 35.8 Å². The van der Waals surface area contributed by atoms with Crippen LogP contribution in [0.5, 0.6) is 11.5 Å². The highest BCUT2D eigenvalue weighted by Crippen LogP contribution is 2.31. The summed E-state index contributed by atoms with van der Waals surface area (Å²) in [5.41, 5.74) is 2.86. The van der Waals surface area contributed by atoms with Crippen molar-refractivity contribution in [1.82, 2.24) is 9.78 Å². The van der Waals surface area contributed by atoms with Crippen molar-refractivity contribution < 1.29 is 14.3 Å². The lowest BCUT2D eigenvalue weighted by Crippen LogP contribution is -2.05. The Morgan fingerprint density at radius 2 is 1.90 bits per heavy atom. The second-order valence-electron chi connectivity index (χ2n) is 5.21. The van der Waals surface area contributed by atoms with Crippen molar-refractivity contribution in [3.05, 3.63) is 40.7 Å². The van der Waals surface area contributed by atoms with Gasteiger partial charge in [0.15, 0.2) is 17.3 Å². The van der Waals surface area contributed by atoms with Crippen LogP contribution >= 0.6 is 0 Å². The fourth-order valence-corrected chi connectivity index (χ4v) is 2.55. The molecule has 110 valence electrons. The van der Waals surface area contributed by atoms with Gasteiger partial charge in [-0.2, -0.15) is 5.10 Å². The number of benzene rings is 1. The number of aromatic nitrogens is 2. The molecule has 1 aromatic heterocycles. The van der Waals surface area contributed by atoms with E-state index in [1.54, 1.807) is 22.9 Å². The maximum atomic E-state index is 12.7. The largest absolute Gasteiger partial charge is 0.490 e. The molecule has 0 spiro atoms. The van der Waals surface area contributed by atoms with Gasteiger partial charge in [0, 0.05) is 24.7 Å². The number of carbonyl (C=O) groups is 1. The van der Waals surface area contributed by atoms with Crippen molar-refractivity contribution in [2.75, 3.05) is 13.2 Å². The summed E-state index contributed by atoms with van der Waals surface area (Å²) in [6.07, 6.45) is 0.846. The molecule has 5 nitrogen and oxygen atoms in total. The minimum atomic E-state index is -0.0336. The van der Waals surface area contributed by atoms with Gasteiger partial charge in [-0.3, -0.25) is 9.48 Å². The number of hydrogen-bond acceptors (Lipinski definition) is 4. The molecular formula is C16H18N2O3. The molecule has 3 rings (SSSR count). The maximum absolute atomic E-state index is 12.7. The van der Waals surface area contributed by atoms with Crippen LogP contribution in [-0.2, 0) is 7.05 Å². The molecule has 0 saturated carbocycles. The van der Waals surface area contributed by atoms with Gasteiger partial charge in [0.1, 0.15) is 0 Å². The lowest BCUT2D eigenvalue weighted by Gasteiger charge is -2.09. The monoisotopic (exact) mass is 286 g/mol. The average Bonchev–Trinajstić information content (AvgIpc) is 2.66. The van der Waals surface area contributed by atoms with Crippen molar-refractivity contribution in [1.29, 1.82) is 0 Å². The fourth-order valence-electron chi connectivity index (χ4n) is 2.55. The zero-order valence-electron chi connectivity index (χ0n) is 12.5. The van der Waals surface area contributed by atoms with Crippen molar-refractivity contribution in [3.63, 3.8) is 0 Å². The number of ether oxygens (including phenoxy) is 2. The summed E-state index contributed by atoms with van der Waals surface area (Å²) < 4.78 is 13.0. The van der Waals surface area contributed by atoms with Crippen LogP contribution in [0.25, 0.3) is 0 Å². The van der Waals surface area contributed by atoms with E-state index in [9.17, 15) is 4.79 Å². The highest BCUT2D eigenvalue weighted by atomic mass is 16.5. The van der Waals surface area contributed by atoms with E-state index in [-0.39, 0.29) is 5.78 Å². The predicted molar refractivity (Wildman–Crippen MR) is 78.2 cm³/mol. The first-order valence-corrected chi connectivity index (χ1v) is 7.02. The van der Waals surface area contributed by atoms with Crippen LogP contribution in [0.1, 0.15) is 33.7 Å². The third-order valence-corrected chi connectivity index (χ3v) is 3.75. The summed E-state index contributed by atoms with van der Waals surface area (Å²) in [6, 6.07) is 5.34. The zero-order valence-corrected chi connectivity index (χ0v) is 12.5. The Balaban J connectivity index is 2.00. The van der Waals surface area contributed by atoms with E-state index >= 15 is 0 Å². The van der Waals surface area contributed by atoms with E-state index in [2.05, 4.69) is 5.10 Å². The third kappa shape index (κ3) is 2.39. The molecule has 0 atom stereocenters. The van der Waals surface area contributed by atoms with Gasteiger partial charge in [-0.25, -0.2) is 0 Å². The Hall–Kier alpha value is -2.30. The number of aryl methyl sites for hydroxylation is 2. The Kier molecular flexibility index (Phi) is 3.41. The molecular weight excluding hydrogens is 268 g/mol. The van der Waals surface area contributed by atoms with Gasteiger partial charge in [0.2, 0.25) is 0 Å². The zero-order chi connectivity index (χ0) is 15.0. The van der Waals surface area contributed by atoms with E-state index in [1.165, 1.54) is 0 Å². The van der Waals surface area contributed by atoms with E-state index in [1.807, 2.05) is 20.9 Å². The maximum Gasteiger partial charge on any atom is 0.196 e. The molecule has 0 bridgehead atoms. The molecule has 1 aromatic carbocycles. The van der Waals surface area contributed by atoms with Crippen LogP contribution < -0.4 is 9.47 Å². The first-order chi connectivity index (χ1) is 10.1. The third-order valence-electron chi connectivity index (χ3n) is 3.75. The molecule has 0 fully saturated rings. The number of carbonyl (C=O) groups excluding carboxylic acids is 1. The number of fused-ring (bicyclic) bond motifs is 1. The lowest BCUT2D eigenvalue weighted by molar-refractivity contribution is 0.103. The number of nitrogens with zero attached hydrogens (tertiary/aromatic N) is 2. The number of rotatable bonds is 2. The molecule has 0 radical (unpaired) electrons. The molecule has 21 heavy (non-hydrogen) atoms. The second kappa shape index (κ2) is 5.24. The minimum Gasteiger partial charge on any atom is -0.490 e. The predicted octanol–water partition coefficient (Wildman–Crippen LogP) is 2.43. The van der Waals surface area contributed by atoms with E-state index in [0.717, 1.165) is 17.8 Å². The van der Waals surface area contributed by atoms with Crippen LogP contribution in [0.2, 0.25) is 0 Å². The Morgan fingerprint density at radius 1 is 1.19 bits per heavy atom. The summed E-state index contributed by atoms with van der Waals surface area (Å²) in [5.74, 6) is 1.30. The van der Waals surface area contributed by atoms with E-state index < -0.39 is 0 Å². The van der Waals surface area contributed by atoms with E-state index in [4.69, 9.17) is 9.47 Å². The van der Waals surface area contributed by atoms with Crippen LogP contribution in [-0.4, -0.2) is 28.8 Å². The summed E-state index contributed by atoms with van der Waals surface area (Å²) in [7, 11) is 1.84. The number of hydrogen-bond donors (Lipinski definition) is 0. The summed E-state index contributed by atoms with van der Waals surface area (Å²) in [4.78, 5) is 12.7. The van der Waals surface area contributed by atoms with Crippen LogP contribution in [0.3, 0.4) is 0 Å². The quantitative estimate of drug-likeness (QED) is 0.796. The summed E-state index contributed by atoms with van der Waals surface area (Å²) in [5, 5.41) is 4.30. The first-order valence-electron chi connectivity index (χ1n) is 7.02. The van der Waals surface area contributed by atoms with Gasteiger partial charge >= 0.3 is 0 Å².